The number of hydrogen-bond donors (Lipinski definition) is 1. The number of aryl methyl sites for hydroxylation is 2. The predicted octanol–water partition coefficient (Wildman–Crippen LogP) is 2.76. The van der Waals surface area contributed by atoms with Gasteiger partial charge in [0.25, 0.3) is 0 Å². The Bertz CT molecular complexity index is 906. The fourth-order valence-electron chi connectivity index (χ4n) is 2.43. The van der Waals surface area contributed by atoms with Crippen LogP contribution in [0.25, 0.3) is 0 Å². The third-order valence-corrected chi connectivity index (χ3v) is 5.71. The third kappa shape index (κ3) is 4.62. The van der Waals surface area contributed by atoms with Crippen molar-refractivity contribution in [3.05, 3.63) is 58.7 Å². The van der Waals surface area contributed by atoms with Gasteiger partial charge in [0.2, 0.25) is 10.0 Å². The number of methoxy groups -OCH3 is 1. The second-order valence-electron chi connectivity index (χ2n) is 5.92. The van der Waals surface area contributed by atoms with Crippen LogP contribution in [0.3, 0.4) is 0 Å². The van der Waals surface area contributed by atoms with Gasteiger partial charge in [0.1, 0.15) is 12.4 Å². The molecule has 26 heavy (non-hydrogen) atoms. The van der Waals surface area contributed by atoms with Crippen LogP contribution in [0, 0.1) is 20.8 Å². The number of carbonyl (C=O) groups excluding carboxylic acids is 1. The topological polar surface area (TPSA) is 81.7 Å². The fraction of sp³-hybridized carbons (Fsp3) is 0.316. The summed E-state index contributed by atoms with van der Waals surface area (Å²) in [6.45, 7) is 5.91. The number of ether oxygens (including phenoxy) is 2. The molecule has 0 aliphatic rings. The zero-order chi connectivity index (χ0) is 19.3. The molecule has 6 nitrogen and oxygen atoms in total. The van der Waals surface area contributed by atoms with Crippen molar-refractivity contribution in [2.24, 2.45) is 0 Å². The monoisotopic (exact) mass is 377 g/mol. The molecule has 0 heterocycles. The lowest BCUT2D eigenvalue weighted by atomic mass is 10.1. The first-order valence-corrected chi connectivity index (χ1v) is 9.62. The van der Waals surface area contributed by atoms with Crippen LogP contribution in [0.1, 0.15) is 27.0 Å². The van der Waals surface area contributed by atoms with Crippen molar-refractivity contribution in [2.75, 3.05) is 20.3 Å². The Morgan fingerprint density at radius 2 is 1.81 bits per heavy atom. The molecule has 0 amide bonds. The lowest BCUT2D eigenvalue weighted by Gasteiger charge is -2.13. The van der Waals surface area contributed by atoms with E-state index in [1.807, 2.05) is 32.0 Å². The zero-order valence-corrected chi connectivity index (χ0v) is 16.1. The van der Waals surface area contributed by atoms with Crippen molar-refractivity contribution in [3.63, 3.8) is 0 Å². The lowest BCUT2D eigenvalue weighted by molar-refractivity contribution is 0.0600. The van der Waals surface area contributed by atoms with E-state index >= 15 is 0 Å². The van der Waals surface area contributed by atoms with Crippen LogP contribution in [-0.2, 0) is 14.8 Å². The van der Waals surface area contributed by atoms with E-state index in [-0.39, 0.29) is 23.6 Å². The van der Waals surface area contributed by atoms with Crippen LogP contribution in [-0.4, -0.2) is 34.6 Å². The first kappa shape index (κ1) is 19.9. The molecule has 0 atom stereocenters. The highest BCUT2D eigenvalue weighted by atomic mass is 32.2. The van der Waals surface area contributed by atoms with Gasteiger partial charge in [-0.15, -0.1) is 0 Å². The minimum Gasteiger partial charge on any atom is -0.492 e. The van der Waals surface area contributed by atoms with Gasteiger partial charge in [0.15, 0.2) is 0 Å². The summed E-state index contributed by atoms with van der Waals surface area (Å²) in [6.07, 6.45) is 0. The van der Waals surface area contributed by atoms with Crippen LogP contribution in [0.4, 0.5) is 0 Å². The summed E-state index contributed by atoms with van der Waals surface area (Å²) >= 11 is 0. The number of rotatable bonds is 7. The van der Waals surface area contributed by atoms with Crippen LogP contribution in [0.15, 0.2) is 41.3 Å². The maximum absolute atomic E-state index is 12.5. The second kappa shape index (κ2) is 8.33. The molecular weight excluding hydrogens is 354 g/mol. The molecule has 0 bridgehead atoms. The molecule has 140 valence electrons. The van der Waals surface area contributed by atoms with Crippen LogP contribution >= 0.6 is 0 Å². The molecule has 0 aliphatic heterocycles. The molecular formula is C19H23NO5S. The number of esters is 1. The molecule has 0 saturated carbocycles. The molecule has 0 saturated heterocycles. The van der Waals surface area contributed by atoms with E-state index < -0.39 is 16.0 Å². The average molecular weight is 377 g/mol. The van der Waals surface area contributed by atoms with Gasteiger partial charge in [0, 0.05) is 6.54 Å². The van der Waals surface area contributed by atoms with Crippen molar-refractivity contribution in [2.45, 2.75) is 25.7 Å². The number of hydrogen-bond acceptors (Lipinski definition) is 5. The van der Waals surface area contributed by atoms with Crippen molar-refractivity contribution >= 4 is 16.0 Å². The third-order valence-electron chi connectivity index (χ3n) is 4.11. The largest absolute Gasteiger partial charge is 0.492 e. The Hall–Kier alpha value is -2.38. The number of benzene rings is 2. The molecule has 2 aromatic rings. The normalized spacial score (nSPS) is 11.2. The van der Waals surface area contributed by atoms with Crippen LogP contribution in [0.5, 0.6) is 5.75 Å². The standard InChI is InChI=1S/C19H23NO5S/c1-13-6-5-7-17(15(13)3)25-11-10-20-26(22,23)18-12-16(19(21)24-4)9-8-14(18)2/h5-9,12,20H,10-11H2,1-4H3. The van der Waals surface area contributed by atoms with Crippen molar-refractivity contribution in [1.29, 1.82) is 0 Å². The summed E-state index contributed by atoms with van der Waals surface area (Å²) < 4.78 is 37.9. The zero-order valence-electron chi connectivity index (χ0n) is 15.3. The van der Waals surface area contributed by atoms with Gasteiger partial charge in [0.05, 0.1) is 17.6 Å². The molecule has 0 aliphatic carbocycles. The van der Waals surface area contributed by atoms with E-state index in [0.29, 0.717) is 5.56 Å². The van der Waals surface area contributed by atoms with Gasteiger partial charge in [-0.1, -0.05) is 18.2 Å². The summed E-state index contributed by atoms with van der Waals surface area (Å²) in [7, 11) is -2.52. The SMILES string of the molecule is COC(=O)c1ccc(C)c(S(=O)(=O)NCCOc2cccc(C)c2C)c1. The molecule has 0 unspecified atom stereocenters. The van der Waals surface area contributed by atoms with E-state index in [1.165, 1.54) is 19.2 Å². The number of carbonyl (C=O) groups is 1. The number of nitrogens with one attached hydrogen (secondary N) is 1. The first-order chi connectivity index (χ1) is 12.3. The highest BCUT2D eigenvalue weighted by Gasteiger charge is 2.19. The molecule has 0 fully saturated rings. The summed E-state index contributed by atoms with van der Waals surface area (Å²) in [5.74, 6) is 0.146. The fourth-order valence-corrected chi connectivity index (χ4v) is 3.71. The van der Waals surface area contributed by atoms with Gasteiger partial charge in [-0.2, -0.15) is 0 Å². The first-order valence-electron chi connectivity index (χ1n) is 8.14. The number of sulfonamides is 1. The second-order valence-corrected chi connectivity index (χ2v) is 7.65. The Labute approximate surface area is 154 Å². The highest BCUT2D eigenvalue weighted by molar-refractivity contribution is 7.89. The Balaban J connectivity index is 2.05. The van der Waals surface area contributed by atoms with Gasteiger partial charge < -0.3 is 9.47 Å². The van der Waals surface area contributed by atoms with Gasteiger partial charge in [-0.25, -0.2) is 17.9 Å². The average Bonchev–Trinajstić information content (AvgIpc) is 2.61. The summed E-state index contributed by atoms with van der Waals surface area (Å²) in [5, 5.41) is 0. The molecule has 0 spiro atoms. The van der Waals surface area contributed by atoms with Crippen molar-refractivity contribution in [3.8, 4) is 5.75 Å². The predicted molar refractivity (Wildman–Crippen MR) is 99.1 cm³/mol. The van der Waals surface area contributed by atoms with Crippen molar-refractivity contribution < 1.29 is 22.7 Å². The quantitative estimate of drug-likeness (QED) is 0.593. The lowest BCUT2D eigenvalue weighted by Crippen LogP contribution is -2.29. The Kier molecular flexibility index (Phi) is 6.39. The molecule has 1 N–H and O–H groups in total. The van der Waals surface area contributed by atoms with Gasteiger partial charge in [-0.3, -0.25) is 0 Å². The molecule has 7 heteroatoms. The van der Waals surface area contributed by atoms with Gasteiger partial charge in [-0.05, 0) is 55.7 Å². The smallest absolute Gasteiger partial charge is 0.337 e. The van der Waals surface area contributed by atoms with Crippen LogP contribution < -0.4 is 9.46 Å². The van der Waals surface area contributed by atoms with E-state index in [4.69, 9.17) is 4.74 Å². The summed E-state index contributed by atoms with van der Waals surface area (Å²) in [5.41, 5.74) is 2.86. The van der Waals surface area contributed by atoms with E-state index in [2.05, 4.69) is 9.46 Å². The van der Waals surface area contributed by atoms with E-state index in [1.54, 1.807) is 13.0 Å². The van der Waals surface area contributed by atoms with E-state index in [9.17, 15) is 13.2 Å². The van der Waals surface area contributed by atoms with Crippen LogP contribution in [0.2, 0.25) is 0 Å². The minimum atomic E-state index is -3.77. The van der Waals surface area contributed by atoms with Crippen molar-refractivity contribution in [1.82, 2.24) is 4.72 Å². The highest BCUT2D eigenvalue weighted by Crippen LogP contribution is 2.20. The molecule has 2 rings (SSSR count). The minimum absolute atomic E-state index is 0.0483. The molecule has 0 aromatic heterocycles. The Morgan fingerprint density at radius 3 is 2.50 bits per heavy atom. The Morgan fingerprint density at radius 1 is 1.08 bits per heavy atom. The van der Waals surface area contributed by atoms with Gasteiger partial charge >= 0.3 is 5.97 Å². The summed E-state index contributed by atoms with van der Waals surface area (Å²) in [4.78, 5) is 11.7. The molecule has 2 aromatic carbocycles. The van der Waals surface area contributed by atoms with E-state index in [0.717, 1.165) is 16.9 Å². The summed E-state index contributed by atoms with van der Waals surface area (Å²) in [6, 6.07) is 10.2. The maximum atomic E-state index is 12.5. The molecule has 0 radical (unpaired) electrons. The maximum Gasteiger partial charge on any atom is 0.337 e.